The second-order valence-corrected chi connectivity index (χ2v) is 13.4. The zero-order valence-corrected chi connectivity index (χ0v) is 27.8. The molecule has 4 aromatic rings. The van der Waals surface area contributed by atoms with Gasteiger partial charge in [-0.15, -0.1) is 0 Å². The van der Waals surface area contributed by atoms with E-state index in [4.69, 9.17) is 0 Å². The Balaban J connectivity index is 1.01. The van der Waals surface area contributed by atoms with Crippen LogP contribution in [0, 0.1) is 18.7 Å². The summed E-state index contributed by atoms with van der Waals surface area (Å²) in [7, 11) is 0. The van der Waals surface area contributed by atoms with Crippen LogP contribution < -0.4 is 15.5 Å². The molecular formula is C34H37F4N9O3. The third-order valence-corrected chi connectivity index (χ3v) is 9.49. The topological polar surface area (TPSA) is 151 Å². The van der Waals surface area contributed by atoms with Crippen LogP contribution in [0.5, 0.6) is 0 Å². The number of hydrogen-bond acceptors (Lipinski definition) is 8. The number of hydrogen-bond donors (Lipinski definition) is 3. The molecule has 2 saturated heterocycles. The van der Waals surface area contributed by atoms with Crippen molar-refractivity contribution in [2.75, 3.05) is 18.0 Å². The number of H-pyrrole nitrogens is 1. The SMILES string of the molecule is Cc1cc(CC2CCN(c3ncc(C4CCC(=O)NC4=O)cc3F)CC2)ccc1-n1cc(C(=O)NCc2nc(C(C)(C)C(F)(F)F)n[nH]2)cn1. The Morgan fingerprint density at radius 1 is 1.08 bits per heavy atom. The number of nitrogens with zero attached hydrogens (tertiary/aromatic N) is 6. The smallest absolute Gasteiger partial charge is 0.354 e. The van der Waals surface area contributed by atoms with Gasteiger partial charge in [0.25, 0.3) is 5.91 Å². The minimum atomic E-state index is -4.53. The van der Waals surface area contributed by atoms with Gasteiger partial charge in [0, 0.05) is 31.9 Å². The summed E-state index contributed by atoms with van der Waals surface area (Å²) in [5, 5.41) is 15.4. The third kappa shape index (κ3) is 7.23. The van der Waals surface area contributed by atoms with Crippen LogP contribution in [-0.2, 0) is 28.0 Å². The summed E-state index contributed by atoms with van der Waals surface area (Å²) >= 11 is 0. The lowest BCUT2D eigenvalue weighted by atomic mass is 9.89. The van der Waals surface area contributed by atoms with Crippen molar-refractivity contribution in [2.24, 2.45) is 5.92 Å². The fraction of sp³-hybridized carbons (Fsp3) is 0.441. The quantitative estimate of drug-likeness (QED) is 0.170. The van der Waals surface area contributed by atoms with Crippen LogP contribution in [0.3, 0.4) is 0 Å². The van der Waals surface area contributed by atoms with Gasteiger partial charge in [-0.05, 0) is 81.2 Å². The van der Waals surface area contributed by atoms with Gasteiger partial charge in [0.2, 0.25) is 11.8 Å². The average Bonchev–Trinajstić information content (AvgIpc) is 3.75. The van der Waals surface area contributed by atoms with E-state index in [2.05, 4.69) is 42.0 Å². The van der Waals surface area contributed by atoms with Gasteiger partial charge in [-0.3, -0.25) is 24.8 Å². The van der Waals surface area contributed by atoms with Crippen molar-refractivity contribution in [2.45, 2.75) is 76.9 Å². The van der Waals surface area contributed by atoms with Crippen molar-refractivity contribution in [3.63, 3.8) is 0 Å². The molecule has 16 heteroatoms. The third-order valence-electron chi connectivity index (χ3n) is 9.49. The molecular weight excluding hydrogens is 658 g/mol. The number of aryl methyl sites for hydroxylation is 1. The molecule has 2 aliphatic heterocycles. The van der Waals surface area contributed by atoms with Gasteiger partial charge in [0.05, 0.1) is 29.9 Å². The molecule has 2 aliphatic rings. The molecule has 3 amide bonds. The highest BCUT2D eigenvalue weighted by Crippen LogP contribution is 2.38. The lowest BCUT2D eigenvalue weighted by Crippen LogP contribution is -2.39. The van der Waals surface area contributed by atoms with Gasteiger partial charge < -0.3 is 10.2 Å². The standard InChI is InChI=1S/C34H37F4N9O3/c1-19-12-21(13-20-8-10-46(11-9-20)29-25(35)14-22(15-39-29)24-5-7-28(48)43-31(24)50)4-6-26(19)47-18-23(16-41-47)30(49)40-17-27-42-32(45-44-27)33(2,3)34(36,37)38/h4,6,12,14-16,18,20,24H,5,7-11,13,17H2,1-3H3,(H,40,49)(H,42,44,45)(H,43,48,50). The van der Waals surface area contributed by atoms with E-state index in [9.17, 15) is 27.6 Å². The molecule has 0 aliphatic carbocycles. The van der Waals surface area contributed by atoms with Gasteiger partial charge in [0.1, 0.15) is 11.2 Å². The first kappa shape index (κ1) is 34.7. The van der Waals surface area contributed by atoms with Gasteiger partial charge >= 0.3 is 6.18 Å². The Kier molecular flexibility index (Phi) is 9.46. The minimum Gasteiger partial charge on any atom is -0.354 e. The number of nitrogens with one attached hydrogen (secondary N) is 3. The molecule has 2 fully saturated rings. The van der Waals surface area contributed by atoms with E-state index in [0.29, 0.717) is 31.0 Å². The zero-order chi connectivity index (χ0) is 35.8. The highest BCUT2D eigenvalue weighted by molar-refractivity contribution is 6.00. The number of amides is 3. The molecule has 6 rings (SSSR count). The maximum Gasteiger partial charge on any atom is 0.401 e. The van der Waals surface area contributed by atoms with Crippen molar-refractivity contribution >= 4 is 23.5 Å². The molecule has 0 saturated carbocycles. The lowest BCUT2D eigenvalue weighted by molar-refractivity contribution is -0.182. The van der Waals surface area contributed by atoms with Gasteiger partial charge in [-0.25, -0.2) is 19.0 Å². The Labute approximate surface area is 285 Å². The van der Waals surface area contributed by atoms with Crippen LogP contribution >= 0.6 is 0 Å². The van der Waals surface area contributed by atoms with Crippen molar-refractivity contribution in [1.29, 1.82) is 0 Å². The minimum absolute atomic E-state index is 0.0969. The maximum atomic E-state index is 15.1. The molecule has 3 N–H and O–H groups in total. The lowest BCUT2D eigenvalue weighted by Gasteiger charge is -2.33. The van der Waals surface area contributed by atoms with E-state index in [1.54, 1.807) is 10.9 Å². The Hall–Kier alpha value is -5.15. The number of rotatable bonds is 9. The molecule has 1 atom stereocenters. The van der Waals surface area contributed by atoms with Crippen molar-refractivity contribution < 1.29 is 31.9 Å². The summed E-state index contributed by atoms with van der Waals surface area (Å²) in [4.78, 5) is 46.6. The first-order valence-corrected chi connectivity index (χ1v) is 16.3. The maximum absolute atomic E-state index is 15.1. The van der Waals surface area contributed by atoms with Crippen LogP contribution in [0.15, 0.2) is 42.9 Å². The number of alkyl halides is 3. The molecule has 0 bridgehead atoms. The number of imide groups is 1. The molecule has 0 radical (unpaired) electrons. The van der Waals surface area contributed by atoms with E-state index in [-0.39, 0.29) is 36.1 Å². The Bertz CT molecular complexity index is 1910. The van der Waals surface area contributed by atoms with E-state index in [1.165, 1.54) is 18.5 Å². The normalized spacial score (nSPS) is 17.6. The molecule has 12 nitrogen and oxygen atoms in total. The summed E-state index contributed by atoms with van der Waals surface area (Å²) < 4.78 is 56.6. The van der Waals surface area contributed by atoms with Crippen LogP contribution in [0.1, 0.15) is 84.1 Å². The van der Waals surface area contributed by atoms with Crippen LogP contribution in [-0.4, -0.2) is 66.9 Å². The van der Waals surface area contributed by atoms with Gasteiger partial charge in [-0.2, -0.15) is 23.4 Å². The van der Waals surface area contributed by atoms with E-state index >= 15 is 4.39 Å². The molecule has 50 heavy (non-hydrogen) atoms. The number of aromatic amines is 1. The van der Waals surface area contributed by atoms with Crippen LogP contribution in [0.2, 0.25) is 0 Å². The number of anilines is 1. The number of carbonyl (C=O) groups excluding carboxylic acids is 3. The molecule has 0 spiro atoms. The van der Waals surface area contributed by atoms with Crippen LogP contribution in [0.4, 0.5) is 23.4 Å². The molecule has 3 aromatic heterocycles. The number of pyridine rings is 1. The second-order valence-electron chi connectivity index (χ2n) is 13.4. The van der Waals surface area contributed by atoms with E-state index < -0.39 is 41.0 Å². The van der Waals surface area contributed by atoms with Crippen molar-refractivity contribution in [3.05, 3.63) is 82.6 Å². The number of piperidine rings is 2. The fourth-order valence-corrected chi connectivity index (χ4v) is 6.28. The van der Waals surface area contributed by atoms with Gasteiger partial charge in [-0.1, -0.05) is 12.1 Å². The number of carbonyl (C=O) groups is 3. The zero-order valence-electron chi connectivity index (χ0n) is 27.8. The summed E-state index contributed by atoms with van der Waals surface area (Å²) in [6.45, 7) is 5.08. The molecule has 264 valence electrons. The first-order valence-electron chi connectivity index (χ1n) is 16.3. The second kappa shape index (κ2) is 13.6. The number of benzene rings is 1. The van der Waals surface area contributed by atoms with E-state index in [0.717, 1.165) is 49.9 Å². The number of aromatic nitrogens is 6. The van der Waals surface area contributed by atoms with Gasteiger partial charge in [0.15, 0.2) is 17.5 Å². The molecule has 1 aromatic carbocycles. The van der Waals surface area contributed by atoms with E-state index in [1.807, 2.05) is 24.0 Å². The fourth-order valence-electron chi connectivity index (χ4n) is 6.28. The molecule has 1 unspecified atom stereocenters. The van der Waals surface area contributed by atoms with Crippen LogP contribution in [0.25, 0.3) is 5.69 Å². The summed E-state index contributed by atoms with van der Waals surface area (Å²) in [5.74, 6) is -1.93. The highest BCUT2D eigenvalue weighted by Gasteiger charge is 2.51. The van der Waals surface area contributed by atoms with Crippen molar-refractivity contribution in [1.82, 2.24) is 40.6 Å². The average molecular weight is 696 g/mol. The predicted octanol–water partition coefficient (Wildman–Crippen LogP) is 4.58. The summed E-state index contributed by atoms with van der Waals surface area (Å²) in [6.07, 6.45) is 3.09. The van der Waals surface area contributed by atoms with Crippen molar-refractivity contribution in [3.8, 4) is 5.69 Å². The first-order chi connectivity index (χ1) is 23.7. The highest BCUT2D eigenvalue weighted by atomic mass is 19.4. The largest absolute Gasteiger partial charge is 0.401 e. The Morgan fingerprint density at radius 3 is 2.52 bits per heavy atom. The Morgan fingerprint density at radius 2 is 1.84 bits per heavy atom. The monoisotopic (exact) mass is 695 g/mol. The molecule has 5 heterocycles. The predicted molar refractivity (Wildman–Crippen MR) is 173 cm³/mol. The summed E-state index contributed by atoms with van der Waals surface area (Å²) in [5.41, 5.74) is 1.39. The summed E-state index contributed by atoms with van der Waals surface area (Å²) in [6, 6.07) is 7.40. The number of halogens is 4.